The van der Waals surface area contributed by atoms with Gasteiger partial charge in [0.15, 0.2) is 0 Å². The highest BCUT2D eigenvalue weighted by Crippen LogP contribution is 2.24. The first kappa shape index (κ1) is 20.7. The molecule has 0 saturated carbocycles. The number of amides is 2. The number of nitro groups is 1. The van der Waals surface area contributed by atoms with Crippen LogP contribution in [0.5, 0.6) is 0 Å². The second-order valence-electron chi connectivity index (χ2n) is 7.41. The van der Waals surface area contributed by atoms with Crippen LogP contribution in [0.4, 0.5) is 5.69 Å². The van der Waals surface area contributed by atoms with Crippen molar-refractivity contribution in [3.8, 4) is 0 Å². The minimum absolute atomic E-state index is 0.0396. The minimum atomic E-state index is -0.633. The zero-order chi connectivity index (χ0) is 22.1. The van der Waals surface area contributed by atoms with Crippen LogP contribution < -0.4 is 10.2 Å². The zero-order valence-corrected chi connectivity index (χ0v) is 17.9. The van der Waals surface area contributed by atoms with Crippen molar-refractivity contribution in [2.75, 3.05) is 6.54 Å². The average molecular weight is 439 g/mol. The fourth-order valence-corrected chi connectivity index (χ4v) is 4.79. The highest BCUT2D eigenvalue weighted by molar-refractivity contribution is 7.16. The quantitative estimate of drug-likeness (QED) is 0.498. The van der Waals surface area contributed by atoms with Gasteiger partial charge in [0.2, 0.25) is 4.80 Å². The van der Waals surface area contributed by atoms with Gasteiger partial charge in [-0.3, -0.25) is 19.7 Å². The molecule has 4 rings (SSSR count). The van der Waals surface area contributed by atoms with Crippen molar-refractivity contribution in [1.82, 2.24) is 14.9 Å². The zero-order valence-electron chi connectivity index (χ0n) is 17.1. The molecule has 1 aromatic heterocycles. The Morgan fingerprint density at radius 1 is 1.26 bits per heavy atom. The molecule has 1 saturated heterocycles. The van der Waals surface area contributed by atoms with Crippen LogP contribution in [0.1, 0.15) is 28.8 Å². The van der Waals surface area contributed by atoms with Crippen LogP contribution in [0, 0.1) is 17.0 Å². The number of nitro benzene ring substituents is 1. The number of likely N-dealkylation sites (tertiary alicyclic amines) is 1. The van der Waals surface area contributed by atoms with E-state index in [1.165, 1.54) is 34.4 Å². The van der Waals surface area contributed by atoms with Gasteiger partial charge in [-0.25, -0.2) is 5.43 Å². The van der Waals surface area contributed by atoms with Gasteiger partial charge >= 0.3 is 0 Å². The number of aromatic nitrogens is 1. The van der Waals surface area contributed by atoms with Gasteiger partial charge in [-0.05, 0) is 44.0 Å². The summed E-state index contributed by atoms with van der Waals surface area (Å²) in [7, 11) is 1.88. The fraction of sp³-hybridized carbons (Fsp3) is 0.286. The highest BCUT2D eigenvalue weighted by Gasteiger charge is 2.35. The van der Waals surface area contributed by atoms with E-state index in [1.54, 1.807) is 6.92 Å². The van der Waals surface area contributed by atoms with Crippen molar-refractivity contribution in [3.63, 3.8) is 0 Å². The lowest BCUT2D eigenvalue weighted by molar-refractivity contribution is -0.385. The van der Waals surface area contributed by atoms with E-state index in [9.17, 15) is 19.7 Å². The number of thiazole rings is 1. The van der Waals surface area contributed by atoms with E-state index < -0.39 is 11.0 Å². The number of carbonyl (C=O) groups is 2. The van der Waals surface area contributed by atoms with Gasteiger partial charge in [-0.15, -0.1) is 5.10 Å². The summed E-state index contributed by atoms with van der Waals surface area (Å²) in [6.45, 7) is 2.04. The molecule has 1 fully saturated rings. The smallest absolute Gasteiger partial charge is 0.272 e. The molecule has 0 aliphatic carbocycles. The summed E-state index contributed by atoms with van der Waals surface area (Å²) in [6.07, 6.45) is 1.24. The number of carbonyl (C=O) groups excluding carboxylic acids is 2. The Hall–Kier alpha value is -3.53. The Balaban J connectivity index is 1.53. The number of nitrogens with one attached hydrogen (secondary N) is 1. The highest BCUT2D eigenvalue weighted by atomic mass is 32.1. The maximum absolute atomic E-state index is 13.0. The van der Waals surface area contributed by atoms with Crippen molar-refractivity contribution in [2.45, 2.75) is 25.8 Å². The van der Waals surface area contributed by atoms with Crippen molar-refractivity contribution < 1.29 is 14.5 Å². The molecule has 1 N–H and O–H groups in total. The van der Waals surface area contributed by atoms with Gasteiger partial charge < -0.3 is 9.47 Å². The van der Waals surface area contributed by atoms with Crippen LogP contribution in [0.15, 0.2) is 47.6 Å². The lowest BCUT2D eigenvalue weighted by Crippen LogP contribution is -2.45. The molecule has 0 bridgehead atoms. The largest absolute Gasteiger partial charge is 0.327 e. The van der Waals surface area contributed by atoms with Crippen molar-refractivity contribution in [3.05, 3.63) is 68.5 Å². The standard InChI is InChI=1S/C21H21N5O4S/c1-13-12-14(9-10-15(13)26(29)30)20(28)25-11-5-7-17(25)19(27)22-23-21-24(2)16-6-3-4-8-18(16)31-21/h3-4,6,8-10,12,17H,5,7,11H2,1-2H3,(H,22,27)/b23-21+. The summed E-state index contributed by atoms with van der Waals surface area (Å²) in [5.41, 5.74) is 4.32. The molecule has 1 aliphatic rings. The van der Waals surface area contributed by atoms with Crippen molar-refractivity contribution in [2.24, 2.45) is 12.1 Å². The predicted molar refractivity (Wildman–Crippen MR) is 116 cm³/mol. The number of rotatable bonds is 4. The summed E-state index contributed by atoms with van der Waals surface area (Å²) in [4.78, 5) is 38.5. The lowest BCUT2D eigenvalue weighted by atomic mass is 10.1. The minimum Gasteiger partial charge on any atom is -0.327 e. The van der Waals surface area contributed by atoms with E-state index in [-0.39, 0.29) is 17.5 Å². The van der Waals surface area contributed by atoms with E-state index in [0.29, 0.717) is 35.3 Å². The molecule has 0 spiro atoms. The third-order valence-electron chi connectivity index (χ3n) is 5.43. The number of benzene rings is 2. The number of nitrogens with zero attached hydrogens (tertiary/aromatic N) is 4. The van der Waals surface area contributed by atoms with Gasteiger partial charge in [-0.2, -0.15) is 0 Å². The monoisotopic (exact) mass is 439 g/mol. The van der Waals surface area contributed by atoms with Gasteiger partial charge in [0.1, 0.15) is 6.04 Å². The number of hydrogen-bond acceptors (Lipinski definition) is 6. The van der Waals surface area contributed by atoms with Gasteiger partial charge in [0.05, 0.1) is 15.1 Å². The summed E-state index contributed by atoms with van der Waals surface area (Å²) < 4.78 is 2.96. The van der Waals surface area contributed by atoms with E-state index in [4.69, 9.17) is 0 Å². The number of aryl methyl sites for hydroxylation is 2. The third-order valence-corrected chi connectivity index (χ3v) is 6.55. The maximum atomic E-state index is 13.0. The number of para-hydroxylation sites is 1. The molecule has 31 heavy (non-hydrogen) atoms. The Kier molecular flexibility index (Phi) is 5.55. The molecule has 3 aromatic rings. The first-order chi connectivity index (χ1) is 14.9. The maximum Gasteiger partial charge on any atom is 0.272 e. The predicted octanol–water partition coefficient (Wildman–Crippen LogP) is 2.69. The first-order valence-electron chi connectivity index (χ1n) is 9.81. The van der Waals surface area contributed by atoms with Crippen LogP contribution in [-0.4, -0.2) is 38.8 Å². The van der Waals surface area contributed by atoms with Gasteiger partial charge in [0.25, 0.3) is 17.5 Å². The summed E-state index contributed by atoms with van der Waals surface area (Å²) in [5.74, 6) is -0.662. The Bertz CT molecular complexity index is 1260. The molecule has 1 atom stereocenters. The molecule has 2 heterocycles. The Labute approximate surface area is 181 Å². The summed E-state index contributed by atoms with van der Waals surface area (Å²) in [6, 6.07) is 11.5. The van der Waals surface area contributed by atoms with Crippen molar-refractivity contribution >= 4 is 39.1 Å². The van der Waals surface area contributed by atoms with E-state index in [2.05, 4.69) is 10.5 Å². The molecule has 0 radical (unpaired) electrons. The van der Waals surface area contributed by atoms with Crippen LogP contribution in [0.25, 0.3) is 10.2 Å². The molecule has 1 aliphatic heterocycles. The van der Waals surface area contributed by atoms with Crippen molar-refractivity contribution in [1.29, 1.82) is 0 Å². The Morgan fingerprint density at radius 2 is 2.03 bits per heavy atom. The van der Waals surface area contributed by atoms with Crippen LogP contribution in [0.3, 0.4) is 0 Å². The van der Waals surface area contributed by atoms with Crippen LogP contribution >= 0.6 is 11.3 Å². The molecule has 2 aromatic carbocycles. The number of hydrogen-bond donors (Lipinski definition) is 1. The molecular weight excluding hydrogens is 418 g/mol. The van der Waals surface area contributed by atoms with Gasteiger partial charge in [0, 0.05) is 30.8 Å². The summed E-state index contributed by atoms with van der Waals surface area (Å²) >= 11 is 1.46. The molecular formula is C21H21N5O4S. The molecule has 9 nitrogen and oxygen atoms in total. The topological polar surface area (TPSA) is 110 Å². The molecule has 2 amide bonds. The average Bonchev–Trinajstić information content (AvgIpc) is 3.36. The molecule has 10 heteroatoms. The van der Waals surface area contributed by atoms with Crippen LogP contribution in [0.2, 0.25) is 0 Å². The second kappa shape index (κ2) is 8.31. The fourth-order valence-electron chi connectivity index (χ4n) is 3.81. The number of fused-ring (bicyclic) bond motifs is 1. The van der Waals surface area contributed by atoms with E-state index in [0.717, 1.165) is 10.2 Å². The SMILES string of the molecule is Cc1cc(C(=O)N2CCCC2C(=O)N/N=c2/sc3ccccc3n2C)ccc1[N+](=O)[O-]. The molecule has 1 unspecified atom stereocenters. The normalized spacial score (nSPS) is 16.6. The van der Waals surface area contributed by atoms with E-state index >= 15 is 0 Å². The van der Waals surface area contributed by atoms with Gasteiger partial charge in [-0.1, -0.05) is 23.5 Å². The van der Waals surface area contributed by atoms with E-state index in [1.807, 2.05) is 35.9 Å². The lowest BCUT2D eigenvalue weighted by Gasteiger charge is -2.23. The third kappa shape index (κ3) is 3.93. The molecule has 160 valence electrons. The summed E-state index contributed by atoms with van der Waals surface area (Å²) in [5, 5.41) is 15.3. The Morgan fingerprint density at radius 3 is 2.74 bits per heavy atom. The van der Waals surface area contributed by atoms with Crippen LogP contribution in [-0.2, 0) is 11.8 Å². The first-order valence-corrected chi connectivity index (χ1v) is 10.6. The second-order valence-corrected chi connectivity index (χ2v) is 8.42.